The molecule has 8 nitrogen and oxygen atoms in total. The molecule has 1 heterocycles. The number of aliphatic carboxylic acids is 1. The van der Waals surface area contributed by atoms with Crippen LogP contribution in [0.2, 0.25) is 0 Å². The van der Waals surface area contributed by atoms with E-state index >= 15 is 0 Å². The molecule has 1 aromatic carbocycles. The molecule has 0 saturated carbocycles. The van der Waals surface area contributed by atoms with Crippen molar-refractivity contribution in [2.45, 2.75) is 44.4 Å². The molecule has 0 saturated heterocycles. The SMILES string of the molecule is CCCC(Oc1nc(-c2ccccc2)ccc1NCC(N)CS)C(=O)NC(CCSC)C(=O)O. The smallest absolute Gasteiger partial charge is 0.326 e. The molecular weight excluding hydrogens is 472 g/mol. The Bertz CT molecular complexity index is 917. The molecule has 10 heteroatoms. The van der Waals surface area contributed by atoms with E-state index in [-0.39, 0.29) is 11.9 Å². The maximum Gasteiger partial charge on any atom is 0.326 e. The van der Waals surface area contributed by atoms with Crippen molar-refractivity contribution in [1.82, 2.24) is 10.3 Å². The maximum absolute atomic E-state index is 13.0. The number of ether oxygens (including phenoxy) is 1. The van der Waals surface area contributed by atoms with Gasteiger partial charge in [0.1, 0.15) is 6.04 Å². The summed E-state index contributed by atoms with van der Waals surface area (Å²) < 4.78 is 6.12. The van der Waals surface area contributed by atoms with Gasteiger partial charge in [0.05, 0.1) is 11.4 Å². The molecule has 0 spiro atoms. The van der Waals surface area contributed by atoms with Gasteiger partial charge in [-0.3, -0.25) is 4.79 Å². The number of anilines is 1. The maximum atomic E-state index is 13.0. The quantitative estimate of drug-likeness (QED) is 0.233. The summed E-state index contributed by atoms with van der Waals surface area (Å²) in [6, 6.07) is 12.2. The lowest BCUT2D eigenvalue weighted by Gasteiger charge is -2.23. The van der Waals surface area contributed by atoms with Gasteiger partial charge in [0.15, 0.2) is 6.10 Å². The van der Waals surface area contributed by atoms with E-state index in [0.29, 0.717) is 48.7 Å². The van der Waals surface area contributed by atoms with Gasteiger partial charge >= 0.3 is 5.97 Å². The molecule has 5 N–H and O–H groups in total. The first kappa shape index (κ1) is 27.8. The summed E-state index contributed by atoms with van der Waals surface area (Å²) in [6.45, 7) is 2.39. The van der Waals surface area contributed by atoms with Crippen LogP contribution in [0.1, 0.15) is 26.2 Å². The van der Waals surface area contributed by atoms with E-state index in [2.05, 4.69) is 28.2 Å². The zero-order valence-electron chi connectivity index (χ0n) is 19.6. The van der Waals surface area contributed by atoms with Crippen molar-refractivity contribution >= 4 is 42.0 Å². The number of pyridine rings is 1. The standard InChI is InChI=1S/C24H34N4O4S2/c1-3-7-21(22(29)27-20(24(30)31)12-13-34-2)32-23-19(26-14-17(25)15-33)11-10-18(28-23)16-8-5-4-6-9-16/h4-6,8-11,17,20-21,26,33H,3,7,12-15,25H2,1-2H3,(H,27,29)(H,30,31). The molecule has 0 aliphatic carbocycles. The molecule has 0 aliphatic rings. The third kappa shape index (κ3) is 8.73. The minimum Gasteiger partial charge on any atom is -0.480 e. The predicted molar refractivity (Wildman–Crippen MR) is 142 cm³/mol. The van der Waals surface area contributed by atoms with Gasteiger partial charge in [-0.25, -0.2) is 9.78 Å². The van der Waals surface area contributed by atoms with Gasteiger partial charge < -0.3 is 26.2 Å². The van der Waals surface area contributed by atoms with Crippen LogP contribution >= 0.6 is 24.4 Å². The number of nitrogens with two attached hydrogens (primary N) is 1. The van der Waals surface area contributed by atoms with Gasteiger partial charge in [-0.15, -0.1) is 0 Å². The lowest BCUT2D eigenvalue weighted by atomic mass is 10.1. The van der Waals surface area contributed by atoms with Crippen LogP contribution in [0.15, 0.2) is 42.5 Å². The van der Waals surface area contributed by atoms with Crippen molar-refractivity contribution in [3.05, 3.63) is 42.5 Å². The minimum absolute atomic E-state index is 0.174. The summed E-state index contributed by atoms with van der Waals surface area (Å²) in [5, 5.41) is 15.3. The Labute approximate surface area is 210 Å². The number of carbonyl (C=O) groups excluding carboxylic acids is 1. The number of aromatic nitrogens is 1. The van der Waals surface area contributed by atoms with Crippen LogP contribution in [0.5, 0.6) is 5.88 Å². The number of carboxylic acids is 1. The molecule has 3 unspecified atom stereocenters. The zero-order chi connectivity index (χ0) is 24.9. The molecule has 186 valence electrons. The van der Waals surface area contributed by atoms with E-state index in [1.807, 2.05) is 55.6 Å². The highest BCUT2D eigenvalue weighted by atomic mass is 32.2. The molecule has 1 amide bonds. The number of thioether (sulfide) groups is 1. The Morgan fingerprint density at radius 1 is 1.21 bits per heavy atom. The van der Waals surface area contributed by atoms with Crippen LogP contribution in [0, 0.1) is 0 Å². The van der Waals surface area contributed by atoms with E-state index < -0.39 is 24.0 Å². The van der Waals surface area contributed by atoms with Gasteiger partial charge in [-0.05, 0) is 37.0 Å². The van der Waals surface area contributed by atoms with Gasteiger partial charge in [-0.1, -0.05) is 43.7 Å². The average molecular weight is 507 g/mol. The van der Waals surface area contributed by atoms with Gasteiger partial charge in [-0.2, -0.15) is 24.4 Å². The van der Waals surface area contributed by atoms with E-state index in [4.69, 9.17) is 10.5 Å². The number of amides is 1. The minimum atomic E-state index is -1.06. The van der Waals surface area contributed by atoms with Crippen molar-refractivity contribution < 1.29 is 19.4 Å². The second kappa shape index (κ2) is 14.7. The second-order valence-corrected chi connectivity index (χ2v) is 9.17. The number of rotatable bonds is 15. The summed E-state index contributed by atoms with van der Waals surface area (Å²) in [5.41, 5.74) is 8.19. The van der Waals surface area contributed by atoms with Crippen molar-refractivity contribution in [1.29, 1.82) is 0 Å². The Kier molecular flexibility index (Phi) is 12.1. The number of nitrogens with one attached hydrogen (secondary N) is 2. The van der Waals surface area contributed by atoms with E-state index in [9.17, 15) is 14.7 Å². The number of nitrogens with zero attached hydrogens (tertiary/aromatic N) is 1. The van der Waals surface area contributed by atoms with Crippen LogP contribution in [-0.2, 0) is 9.59 Å². The van der Waals surface area contributed by atoms with Gasteiger partial charge in [0, 0.05) is 23.9 Å². The highest BCUT2D eigenvalue weighted by Crippen LogP contribution is 2.28. The third-order valence-corrected chi connectivity index (χ3v) is 6.15. The molecule has 2 rings (SSSR count). The van der Waals surface area contributed by atoms with Crippen molar-refractivity contribution in [3.8, 4) is 17.1 Å². The second-order valence-electron chi connectivity index (χ2n) is 7.81. The average Bonchev–Trinajstić information content (AvgIpc) is 2.85. The Hall–Kier alpha value is -2.43. The summed E-state index contributed by atoms with van der Waals surface area (Å²) in [4.78, 5) is 29.3. The lowest BCUT2D eigenvalue weighted by Crippen LogP contribution is -2.47. The predicted octanol–water partition coefficient (Wildman–Crippen LogP) is 3.29. The fourth-order valence-electron chi connectivity index (χ4n) is 3.14. The normalized spacial score (nSPS) is 13.5. The van der Waals surface area contributed by atoms with Crippen LogP contribution in [0.4, 0.5) is 5.69 Å². The first-order valence-corrected chi connectivity index (χ1v) is 13.3. The number of carboxylic acid groups (broad SMARTS) is 1. The molecule has 1 aromatic heterocycles. The van der Waals surface area contributed by atoms with Crippen LogP contribution in [0.25, 0.3) is 11.3 Å². The molecular formula is C24H34N4O4S2. The fraction of sp³-hybridized carbons (Fsp3) is 0.458. The highest BCUT2D eigenvalue weighted by Gasteiger charge is 2.27. The molecule has 0 radical (unpaired) electrons. The topological polar surface area (TPSA) is 127 Å². The van der Waals surface area contributed by atoms with Crippen LogP contribution < -0.4 is 21.1 Å². The molecule has 34 heavy (non-hydrogen) atoms. The van der Waals surface area contributed by atoms with Crippen LogP contribution in [0.3, 0.4) is 0 Å². The van der Waals surface area contributed by atoms with Gasteiger partial charge in [0.25, 0.3) is 5.91 Å². The highest BCUT2D eigenvalue weighted by molar-refractivity contribution is 7.98. The summed E-state index contributed by atoms with van der Waals surface area (Å²) >= 11 is 5.75. The van der Waals surface area contributed by atoms with E-state index in [0.717, 1.165) is 5.56 Å². The van der Waals surface area contributed by atoms with Crippen molar-refractivity contribution in [2.24, 2.45) is 5.73 Å². The molecule has 0 bridgehead atoms. The first-order chi connectivity index (χ1) is 16.4. The largest absolute Gasteiger partial charge is 0.480 e. The summed E-state index contributed by atoms with van der Waals surface area (Å²) in [7, 11) is 0. The summed E-state index contributed by atoms with van der Waals surface area (Å²) in [5.74, 6) is -0.148. The summed E-state index contributed by atoms with van der Waals surface area (Å²) in [6.07, 6.45) is 2.42. The molecule has 0 fully saturated rings. The first-order valence-electron chi connectivity index (χ1n) is 11.2. The Balaban J connectivity index is 2.31. The monoisotopic (exact) mass is 506 g/mol. The molecule has 0 aliphatic heterocycles. The van der Waals surface area contributed by atoms with Crippen LogP contribution in [-0.4, -0.2) is 64.5 Å². The number of thiol groups is 1. The number of hydrogen-bond acceptors (Lipinski definition) is 8. The number of benzene rings is 1. The van der Waals surface area contributed by atoms with E-state index in [1.165, 1.54) is 11.8 Å². The number of carbonyl (C=O) groups is 2. The number of hydrogen-bond donors (Lipinski definition) is 5. The van der Waals surface area contributed by atoms with Crippen molar-refractivity contribution in [2.75, 3.05) is 29.6 Å². The fourth-order valence-corrected chi connectivity index (χ4v) is 3.74. The zero-order valence-corrected chi connectivity index (χ0v) is 21.3. The van der Waals surface area contributed by atoms with Crippen molar-refractivity contribution in [3.63, 3.8) is 0 Å². The molecule has 3 atom stereocenters. The van der Waals surface area contributed by atoms with E-state index in [1.54, 1.807) is 0 Å². The lowest BCUT2D eigenvalue weighted by molar-refractivity contribution is -0.143. The molecule has 2 aromatic rings. The third-order valence-electron chi connectivity index (χ3n) is 5.04. The Morgan fingerprint density at radius 3 is 2.56 bits per heavy atom. The Morgan fingerprint density at radius 2 is 1.94 bits per heavy atom. The van der Waals surface area contributed by atoms with Gasteiger partial charge in [0.2, 0.25) is 5.88 Å².